The van der Waals surface area contributed by atoms with Crippen molar-refractivity contribution < 1.29 is 4.79 Å². The first-order valence-corrected chi connectivity index (χ1v) is 7.37. The normalized spacial score (nSPS) is 10.9. The third-order valence-electron chi connectivity index (χ3n) is 3.07. The zero-order chi connectivity index (χ0) is 15.4. The Bertz CT molecular complexity index is 635. The Morgan fingerprint density at radius 2 is 2.14 bits per heavy atom. The molecule has 0 atom stereocenters. The van der Waals surface area contributed by atoms with Gasteiger partial charge in [0.1, 0.15) is 6.54 Å². The number of carbonyl (C=O) groups is 1. The molecule has 0 saturated carbocycles. The third kappa shape index (κ3) is 4.22. The lowest BCUT2D eigenvalue weighted by atomic mass is 10.4. The molecule has 0 bridgehead atoms. The SMILES string of the molecule is Cc1nn(CC(=O)NCCCn2cc(Cl)cn2)c(C)c1Cl. The van der Waals surface area contributed by atoms with Gasteiger partial charge in [0.15, 0.2) is 0 Å². The van der Waals surface area contributed by atoms with Crippen LogP contribution in [-0.4, -0.2) is 32.0 Å². The third-order valence-corrected chi connectivity index (χ3v) is 3.82. The van der Waals surface area contributed by atoms with Gasteiger partial charge < -0.3 is 5.32 Å². The highest BCUT2D eigenvalue weighted by atomic mass is 35.5. The van der Waals surface area contributed by atoms with Gasteiger partial charge in [-0.3, -0.25) is 14.2 Å². The van der Waals surface area contributed by atoms with Crippen LogP contribution in [0.1, 0.15) is 17.8 Å². The lowest BCUT2D eigenvalue weighted by Gasteiger charge is -2.07. The van der Waals surface area contributed by atoms with Crippen molar-refractivity contribution in [3.63, 3.8) is 0 Å². The van der Waals surface area contributed by atoms with Gasteiger partial charge in [-0.05, 0) is 20.3 Å². The molecular formula is C13H17Cl2N5O. The van der Waals surface area contributed by atoms with Gasteiger partial charge in [0.2, 0.25) is 5.91 Å². The van der Waals surface area contributed by atoms with Crippen LogP contribution in [0.25, 0.3) is 0 Å². The van der Waals surface area contributed by atoms with E-state index in [0.717, 1.165) is 17.8 Å². The molecule has 0 aliphatic rings. The van der Waals surface area contributed by atoms with Crippen molar-refractivity contribution in [3.8, 4) is 0 Å². The number of hydrogen-bond donors (Lipinski definition) is 1. The minimum Gasteiger partial charge on any atom is -0.354 e. The number of rotatable bonds is 6. The monoisotopic (exact) mass is 329 g/mol. The van der Waals surface area contributed by atoms with Gasteiger partial charge >= 0.3 is 0 Å². The van der Waals surface area contributed by atoms with E-state index in [1.54, 1.807) is 21.8 Å². The van der Waals surface area contributed by atoms with Crippen molar-refractivity contribution in [2.24, 2.45) is 0 Å². The van der Waals surface area contributed by atoms with Crippen LogP contribution in [0.3, 0.4) is 0 Å². The van der Waals surface area contributed by atoms with Crippen LogP contribution in [0.4, 0.5) is 0 Å². The van der Waals surface area contributed by atoms with E-state index in [0.29, 0.717) is 23.1 Å². The molecule has 0 spiro atoms. The first-order valence-electron chi connectivity index (χ1n) is 6.61. The summed E-state index contributed by atoms with van der Waals surface area (Å²) in [6.07, 6.45) is 4.12. The summed E-state index contributed by atoms with van der Waals surface area (Å²) in [5.74, 6) is -0.0873. The van der Waals surface area contributed by atoms with Crippen LogP contribution in [0.2, 0.25) is 10.0 Å². The second-order valence-corrected chi connectivity index (χ2v) is 5.58. The number of carbonyl (C=O) groups excluding carboxylic acids is 1. The summed E-state index contributed by atoms with van der Waals surface area (Å²) in [6, 6.07) is 0. The lowest BCUT2D eigenvalue weighted by molar-refractivity contribution is -0.121. The van der Waals surface area contributed by atoms with Gasteiger partial charge in [-0.2, -0.15) is 10.2 Å². The quantitative estimate of drug-likeness (QED) is 0.826. The standard InChI is InChI=1S/C13H17Cl2N5O/c1-9-13(15)10(2)20(18-9)8-12(21)16-4-3-5-19-7-11(14)6-17-19/h6-7H,3-5,8H2,1-2H3,(H,16,21). The Morgan fingerprint density at radius 3 is 2.71 bits per heavy atom. The van der Waals surface area contributed by atoms with Gasteiger partial charge in [-0.1, -0.05) is 23.2 Å². The molecule has 8 heteroatoms. The molecule has 0 fully saturated rings. The highest BCUT2D eigenvalue weighted by Gasteiger charge is 2.11. The molecule has 0 aliphatic carbocycles. The maximum Gasteiger partial charge on any atom is 0.241 e. The van der Waals surface area contributed by atoms with Crippen LogP contribution < -0.4 is 5.32 Å². The molecule has 21 heavy (non-hydrogen) atoms. The highest BCUT2D eigenvalue weighted by Crippen LogP contribution is 2.18. The summed E-state index contributed by atoms with van der Waals surface area (Å²) in [7, 11) is 0. The minimum absolute atomic E-state index is 0.0873. The summed E-state index contributed by atoms with van der Waals surface area (Å²) in [5.41, 5.74) is 1.54. The number of halogens is 2. The highest BCUT2D eigenvalue weighted by molar-refractivity contribution is 6.31. The number of nitrogens with one attached hydrogen (secondary N) is 1. The molecule has 2 rings (SSSR count). The molecule has 0 saturated heterocycles. The number of hydrogen-bond acceptors (Lipinski definition) is 3. The molecule has 0 unspecified atom stereocenters. The van der Waals surface area contributed by atoms with Crippen LogP contribution in [0.5, 0.6) is 0 Å². The van der Waals surface area contributed by atoms with Gasteiger partial charge in [0, 0.05) is 19.3 Å². The maximum absolute atomic E-state index is 11.8. The van der Waals surface area contributed by atoms with Crippen LogP contribution in [0, 0.1) is 13.8 Å². The average Bonchev–Trinajstić information content (AvgIpc) is 2.95. The largest absolute Gasteiger partial charge is 0.354 e. The molecule has 0 radical (unpaired) electrons. The molecule has 2 aromatic rings. The Labute approximate surface area is 133 Å². The van der Waals surface area contributed by atoms with E-state index in [-0.39, 0.29) is 12.5 Å². The Kier molecular flexibility index (Phi) is 5.25. The van der Waals surface area contributed by atoms with Crippen molar-refractivity contribution in [2.45, 2.75) is 33.4 Å². The fourth-order valence-electron chi connectivity index (χ4n) is 1.95. The number of amides is 1. The van der Waals surface area contributed by atoms with Crippen molar-refractivity contribution in [2.75, 3.05) is 6.54 Å². The van der Waals surface area contributed by atoms with Crippen LogP contribution in [0.15, 0.2) is 12.4 Å². The summed E-state index contributed by atoms with van der Waals surface area (Å²) < 4.78 is 3.36. The van der Waals surface area contributed by atoms with Crippen molar-refractivity contribution >= 4 is 29.1 Å². The summed E-state index contributed by atoms with van der Waals surface area (Å²) in [4.78, 5) is 11.8. The summed E-state index contributed by atoms with van der Waals surface area (Å²) in [5, 5.41) is 12.4. The second-order valence-electron chi connectivity index (χ2n) is 4.77. The first kappa shape index (κ1) is 15.9. The Balaban J connectivity index is 1.73. The Hall–Kier alpha value is -1.53. The molecule has 1 amide bonds. The molecule has 2 heterocycles. The van der Waals surface area contributed by atoms with E-state index in [2.05, 4.69) is 15.5 Å². The molecule has 6 nitrogen and oxygen atoms in total. The minimum atomic E-state index is -0.0873. The van der Waals surface area contributed by atoms with E-state index in [1.807, 2.05) is 13.8 Å². The smallest absolute Gasteiger partial charge is 0.241 e. The Morgan fingerprint density at radius 1 is 1.38 bits per heavy atom. The van der Waals surface area contributed by atoms with E-state index in [4.69, 9.17) is 23.2 Å². The fourth-order valence-corrected chi connectivity index (χ4v) is 2.24. The maximum atomic E-state index is 11.8. The number of aromatic nitrogens is 4. The lowest BCUT2D eigenvalue weighted by Crippen LogP contribution is -2.29. The predicted molar refractivity (Wildman–Crippen MR) is 81.6 cm³/mol. The van der Waals surface area contributed by atoms with Gasteiger partial charge in [-0.15, -0.1) is 0 Å². The molecule has 114 valence electrons. The molecule has 2 aromatic heterocycles. The zero-order valence-corrected chi connectivity index (χ0v) is 13.4. The van der Waals surface area contributed by atoms with Crippen molar-refractivity contribution in [1.29, 1.82) is 0 Å². The number of nitrogens with zero attached hydrogens (tertiary/aromatic N) is 4. The van der Waals surface area contributed by atoms with E-state index < -0.39 is 0 Å². The van der Waals surface area contributed by atoms with E-state index in [9.17, 15) is 4.79 Å². The second kappa shape index (κ2) is 6.95. The van der Waals surface area contributed by atoms with Gasteiger partial charge in [0.05, 0.1) is 27.6 Å². The van der Waals surface area contributed by atoms with Crippen LogP contribution in [-0.2, 0) is 17.9 Å². The van der Waals surface area contributed by atoms with E-state index >= 15 is 0 Å². The predicted octanol–water partition coefficient (Wildman–Crippen LogP) is 2.21. The molecular weight excluding hydrogens is 313 g/mol. The summed E-state index contributed by atoms with van der Waals surface area (Å²) in [6.45, 7) is 5.12. The van der Waals surface area contributed by atoms with Crippen LogP contribution >= 0.6 is 23.2 Å². The average molecular weight is 330 g/mol. The van der Waals surface area contributed by atoms with E-state index in [1.165, 1.54) is 0 Å². The molecule has 1 N–H and O–H groups in total. The first-order chi connectivity index (χ1) is 9.97. The van der Waals surface area contributed by atoms with Crippen molar-refractivity contribution in [3.05, 3.63) is 33.8 Å². The molecule has 0 aliphatic heterocycles. The van der Waals surface area contributed by atoms with Gasteiger partial charge in [-0.25, -0.2) is 0 Å². The fraction of sp³-hybridized carbons (Fsp3) is 0.462. The van der Waals surface area contributed by atoms with Crippen molar-refractivity contribution in [1.82, 2.24) is 24.9 Å². The topological polar surface area (TPSA) is 64.7 Å². The van der Waals surface area contributed by atoms with Gasteiger partial charge in [0.25, 0.3) is 0 Å². The molecule has 0 aromatic carbocycles. The summed E-state index contributed by atoms with van der Waals surface area (Å²) >= 11 is 11.8. The number of aryl methyl sites for hydroxylation is 2. The zero-order valence-electron chi connectivity index (χ0n) is 11.9.